The third-order valence-corrected chi connectivity index (χ3v) is 3.30. The molecule has 1 aliphatic rings. The number of carboxylic acid groups (broad SMARTS) is 1. The maximum atomic E-state index is 11.1. The van der Waals surface area contributed by atoms with Crippen molar-refractivity contribution in [1.82, 2.24) is 4.90 Å². The molecule has 108 valence electrons. The number of rotatable bonds is 3. The Kier molecular flexibility index (Phi) is 3.97. The Labute approximate surface area is 116 Å². The van der Waals surface area contributed by atoms with Crippen LogP contribution in [0.15, 0.2) is 18.2 Å². The third-order valence-electron chi connectivity index (χ3n) is 3.30. The second-order valence-electron chi connectivity index (χ2n) is 4.70. The van der Waals surface area contributed by atoms with E-state index in [1.165, 1.54) is 17.0 Å². The summed E-state index contributed by atoms with van der Waals surface area (Å²) in [7, 11) is 0. The Balaban J connectivity index is 2.02. The summed E-state index contributed by atoms with van der Waals surface area (Å²) in [4.78, 5) is 23.3. The number of amides is 2. The Bertz CT molecular complexity index is 524. The quantitative estimate of drug-likeness (QED) is 0.710. The van der Waals surface area contributed by atoms with Crippen molar-refractivity contribution in [3.05, 3.63) is 23.8 Å². The van der Waals surface area contributed by atoms with Gasteiger partial charge in [-0.15, -0.1) is 0 Å². The molecule has 2 rings (SSSR count). The molecule has 7 nitrogen and oxygen atoms in total. The van der Waals surface area contributed by atoms with Crippen molar-refractivity contribution in [2.75, 3.05) is 18.8 Å². The number of nitrogens with two attached hydrogens (primary N) is 2. The summed E-state index contributed by atoms with van der Waals surface area (Å²) in [5.74, 6) is -0.134. The highest BCUT2D eigenvalue weighted by molar-refractivity contribution is 5.93. The van der Waals surface area contributed by atoms with Gasteiger partial charge in [-0.05, 0) is 18.2 Å². The van der Waals surface area contributed by atoms with Crippen molar-refractivity contribution in [3.63, 3.8) is 0 Å². The molecule has 0 saturated carbocycles. The number of hydrogen-bond acceptors (Lipinski definition) is 4. The van der Waals surface area contributed by atoms with E-state index in [1.807, 2.05) is 0 Å². The van der Waals surface area contributed by atoms with Gasteiger partial charge in [0.2, 0.25) is 5.91 Å². The number of benzene rings is 1. The minimum absolute atomic E-state index is 0.115. The van der Waals surface area contributed by atoms with E-state index in [0.717, 1.165) is 0 Å². The van der Waals surface area contributed by atoms with E-state index >= 15 is 0 Å². The first-order valence-corrected chi connectivity index (χ1v) is 6.31. The number of carbonyl (C=O) groups excluding carboxylic acids is 1. The monoisotopic (exact) mass is 279 g/mol. The van der Waals surface area contributed by atoms with Gasteiger partial charge in [0.1, 0.15) is 11.9 Å². The molecule has 0 atom stereocenters. The van der Waals surface area contributed by atoms with E-state index in [2.05, 4.69) is 0 Å². The molecule has 20 heavy (non-hydrogen) atoms. The van der Waals surface area contributed by atoms with Crippen LogP contribution in [0.2, 0.25) is 0 Å². The number of piperidine rings is 1. The van der Waals surface area contributed by atoms with Gasteiger partial charge in [-0.25, -0.2) is 4.79 Å². The van der Waals surface area contributed by atoms with Gasteiger partial charge in [0.05, 0.1) is 5.69 Å². The van der Waals surface area contributed by atoms with Crippen LogP contribution in [0.25, 0.3) is 0 Å². The maximum absolute atomic E-state index is 11.1. The summed E-state index contributed by atoms with van der Waals surface area (Å²) in [6, 6.07) is 4.63. The van der Waals surface area contributed by atoms with Crippen LogP contribution in [0.4, 0.5) is 10.5 Å². The smallest absolute Gasteiger partial charge is 0.407 e. The van der Waals surface area contributed by atoms with Gasteiger partial charge < -0.3 is 26.2 Å². The normalized spacial score (nSPS) is 15.9. The fourth-order valence-electron chi connectivity index (χ4n) is 2.13. The molecule has 1 fully saturated rings. The van der Waals surface area contributed by atoms with Gasteiger partial charge in [-0.2, -0.15) is 0 Å². The lowest BCUT2D eigenvalue weighted by atomic mass is 10.1. The lowest BCUT2D eigenvalue weighted by Gasteiger charge is -2.30. The van der Waals surface area contributed by atoms with Crippen LogP contribution in [0, 0.1) is 0 Å². The second kappa shape index (κ2) is 5.68. The Morgan fingerprint density at radius 3 is 2.50 bits per heavy atom. The van der Waals surface area contributed by atoms with Crippen LogP contribution in [-0.2, 0) is 0 Å². The van der Waals surface area contributed by atoms with Crippen molar-refractivity contribution in [3.8, 4) is 5.75 Å². The molecule has 0 bridgehead atoms. The maximum Gasteiger partial charge on any atom is 0.407 e. The highest BCUT2D eigenvalue weighted by atomic mass is 16.5. The molecule has 1 heterocycles. The fraction of sp³-hybridized carbons (Fsp3) is 0.385. The van der Waals surface area contributed by atoms with Gasteiger partial charge in [0, 0.05) is 31.5 Å². The van der Waals surface area contributed by atoms with Gasteiger partial charge in [0.25, 0.3) is 0 Å². The predicted molar refractivity (Wildman–Crippen MR) is 72.6 cm³/mol. The molecular weight excluding hydrogens is 262 g/mol. The van der Waals surface area contributed by atoms with Crippen LogP contribution in [0.1, 0.15) is 23.2 Å². The molecule has 1 aromatic rings. The Morgan fingerprint density at radius 2 is 1.95 bits per heavy atom. The van der Waals surface area contributed by atoms with Crippen LogP contribution < -0.4 is 16.2 Å². The van der Waals surface area contributed by atoms with E-state index in [0.29, 0.717) is 42.9 Å². The molecule has 7 heteroatoms. The molecule has 1 aliphatic heterocycles. The summed E-state index contributed by atoms with van der Waals surface area (Å²) in [5, 5.41) is 8.87. The van der Waals surface area contributed by atoms with E-state index in [1.54, 1.807) is 6.07 Å². The number of nitrogens with zero attached hydrogens (tertiary/aromatic N) is 1. The van der Waals surface area contributed by atoms with E-state index < -0.39 is 12.0 Å². The molecule has 0 radical (unpaired) electrons. The average Bonchev–Trinajstić information content (AvgIpc) is 2.41. The minimum Gasteiger partial charge on any atom is -0.488 e. The topological polar surface area (TPSA) is 119 Å². The van der Waals surface area contributed by atoms with Crippen molar-refractivity contribution in [1.29, 1.82) is 0 Å². The number of ether oxygens (including phenoxy) is 1. The second-order valence-corrected chi connectivity index (χ2v) is 4.70. The first-order valence-electron chi connectivity index (χ1n) is 6.31. The van der Waals surface area contributed by atoms with Crippen LogP contribution in [0.3, 0.4) is 0 Å². The number of hydrogen-bond donors (Lipinski definition) is 3. The number of primary amides is 1. The van der Waals surface area contributed by atoms with E-state index in [9.17, 15) is 9.59 Å². The van der Waals surface area contributed by atoms with Crippen molar-refractivity contribution >= 4 is 17.7 Å². The van der Waals surface area contributed by atoms with Crippen molar-refractivity contribution < 1.29 is 19.4 Å². The highest BCUT2D eigenvalue weighted by Crippen LogP contribution is 2.26. The van der Waals surface area contributed by atoms with Gasteiger partial charge >= 0.3 is 6.09 Å². The average molecular weight is 279 g/mol. The molecule has 0 aromatic heterocycles. The van der Waals surface area contributed by atoms with Crippen molar-refractivity contribution in [2.24, 2.45) is 5.73 Å². The predicted octanol–water partition coefficient (Wildman–Crippen LogP) is 0.889. The molecule has 1 saturated heterocycles. The number of anilines is 1. The molecular formula is C13H17N3O4. The lowest BCUT2D eigenvalue weighted by molar-refractivity contribution is 0.0893. The van der Waals surface area contributed by atoms with Crippen molar-refractivity contribution in [2.45, 2.75) is 18.9 Å². The van der Waals surface area contributed by atoms with Gasteiger partial charge in [-0.3, -0.25) is 4.79 Å². The molecule has 0 unspecified atom stereocenters. The summed E-state index contributed by atoms with van der Waals surface area (Å²) in [5.41, 5.74) is 11.8. The van der Waals surface area contributed by atoms with E-state index in [4.69, 9.17) is 21.3 Å². The molecule has 0 aliphatic carbocycles. The Hall–Kier alpha value is -2.44. The fourth-order valence-corrected chi connectivity index (χ4v) is 2.13. The zero-order chi connectivity index (χ0) is 14.7. The van der Waals surface area contributed by atoms with Crippen LogP contribution in [0.5, 0.6) is 5.75 Å². The van der Waals surface area contributed by atoms with E-state index in [-0.39, 0.29) is 6.10 Å². The first kappa shape index (κ1) is 14.0. The Morgan fingerprint density at radius 1 is 1.30 bits per heavy atom. The van der Waals surface area contributed by atoms with Crippen LogP contribution >= 0.6 is 0 Å². The summed E-state index contributed by atoms with van der Waals surface area (Å²) >= 11 is 0. The summed E-state index contributed by atoms with van der Waals surface area (Å²) < 4.78 is 5.75. The lowest BCUT2D eigenvalue weighted by Crippen LogP contribution is -2.41. The SMILES string of the molecule is NC(=O)c1ccc(N)c(OC2CCN(C(=O)O)CC2)c1. The van der Waals surface area contributed by atoms with Gasteiger partial charge in [-0.1, -0.05) is 0 Å². The summed E-state index contributed by atoms with van der Waals surface area (Å²) in [6.45, 7) is 0.852. The zero-order valence-electron chi connectivity index (χ0n) is 10.9. The minimum atomic E-state index is -0.918. The number of carbonyl (C=O) groups is 2. The molecule has 1 aromatic carbocycles. The first-order chi connectivity index (χ1) is 9.47. The largest absolute Gasteiger partial charge is 0.488 e. The summed E-state index contributed by atoms with van der Waals surface area (Å²) in [6.07, 6.45) is 0.147. The standard InChI is InChI=1S/C13H17N3O4/c14-10-2-1-8(12(15)17)7-11(10)20-9-3-5-16(6-4-9)13(18)19/h1-2,7,9H,3-6,14H2,(H2,15,17)(H,18,19). The molecule has 5 N–H and O–H groups in total. The highest BCUT2D eigenvalue weighted by Gasteiger charge is 2.24. The molecule has 0 spiro atoms. The zero-order valence-corrected chi connectivity index (χ0v) is 10.9. The van der Waals surface area contributed by atoms with Crippen LogP contribution in [-0.4, -0.2) is 41.2 Å². The number of likely N-dealkylation sites (tertiary alicyclic amines) is 1. The third kappa shape index (κ3) is 3.11. The molecule has 2 amide bonds. The van der Waals surface area contributed by atoms with Gasteiger partial charge in [0.15, 0.2) is 0 Å². The number of nitrogen functional groups attached to an aromatic ring is 1.